The van der Waals surface area contributed by atoms with Gasteiger partial charge in [-0.3, -0.25) is 9.59 Å². The molecule has 2 heterocycles. The molecule has 6 heteroatoms. The van der Waals surface area contributed by atoms with E-state index in [9.17, 15) is 9.59 Å². The Hall–Kier alpha value is -2.47. The molecule has 2 aromatic heterocycles. The van der Waals surface area contributed by atoms with E-state index in [4.69, 9.17) is 0 Å². The summed E-state index contributed by atoms with van der Waals surface area (Å²) in [4.78, 5) is 30.7. The maximum atomic E-state index is 11.9. The number of hydrogen-bond acceptors (Lipinski definition) is 4. The van der Waals surface area contributed by atoms with Gasteiger partial charge in [0.05, 0.1) is 5.52 Å². The monoisotopic (exact) mass is 285 g/mol. The molecule has 3 aromatic rings. The van der Waals surface area contributed by atoms with Crippen molar-refractivity contribution in [1.82, 2.24) is 15.3 Å². The number of thiophene rings is 1. The smallest absolute Gasteiger partial charge is 0.269 e. The third-order valence-electron chi connectivity index (χ3n) is 2.94. The van der Waals surface area contributed by atoms with Gasteiger partial charge in [-0.05, 0) is 23.6 Å². The normalized spacial score (nSPS) is 10.7. The standard InChI is InChI=1S/C14H11N3O2S/c1-15-13(18)9-4-2-3-8(7-9)12-16-10-5-6-20-11(10)14(19)17-12/h2-7H,1H3,(H,15,18)(H,16,17,19). The van der Waals surface area contributed by atoms with Crippen molar-refractivity contribution in [2.45, 2.75) is 0 Å². The number of aromatic amines is 1. The molecule has 0 aliphatic rings. The molecule has 20 heavy (non-hydrogen) atoms. The van der Waals surface area contributed by atoms with Crippen LogP contribution in [0.5, 0.6) is 0 Å². The van der Waals surface area contributed by atoms with Gasteiger partial charge in [-0.1, -0.05) is 12.1 Å². The molecule has 0 atom stereocenters. The van der Waals surface area contributed by atoms with E-state index in [1.807, 2.05) is 11.4 Å². The van der Waals surface area contributed by atoms with Crippen molar-refractivity contribution in [3.05, 3.63) is 51.6 Å². The fraction of sp³-hybridized carbons (Fsp3) is 0.0714. The number of nitrogens with zero attached hydrogens (tertiary/aromatic N) is 1. The van der Waals surface area contributed by atoms with Gasteiger partial charge in [0.2, 0.25) is 0 Å². The van der Waals surface area contributed by atoms with Crippen molar-refractivity contribution in [1.29, 1.82) is 0 Å². The fourth-order valence-electron chi connectivity index (χ4n) is 1.96. The lowest BCUT2D eigenvalue weighted by molar-refractivity contribution is 0.0963. The molecule has 0 bridgehead atoms. The van der Waals surface area contributed by atoms with Crippen LogP contribution < -0.4 is 10.9 Å². The molecule has 0 saturated carbocycles. The molecule has 0 spiro atoms. The highest BCUT2D eigenvalue weighted by atomic mass is 32.1. The lowest BCUT2D eigenvalue weighted by atomic mass is 10.1. The molecule has 2 N–H and O–H groups in total. The summed E-state index contributed by atoms with van der Waals surface area (Å²) in [6, 6.07) is 8.79. The maximum absolute atomic E-state index is 11.9. The van der Waals surface area contributed by atoms with E-state index in [1.165, 1.54) is 11.3 Å². The molecular weight excluding hydrogens is 274 g/mol. The van der Waals surface area contributed by atoms with Crippen LogP contribution in [-0.4, -0.2) is 22.9 Å². The van der Waals surface area contributed by atoms with Crippen molar-refractivity contribution < 1.29 is 4.79 Å². The Balaban J connectivity index is 2.15. The van der Waals surface area contributed by atoms with Gasteiger partial charge >= 0.3 is 0 Å². The quantitative estimate of drug-likeness (QED) is 0.756. The van der Waals surface area contributed by atoms with E-state index in [1.54, 1.807) is 31.3 Å². The Morgan fingerprint density at radius 3 is 3.00 bits per heavy atom. The summed E-state index contributed by atoms with van der Waals surface area (Å²) >= 11 is 1.36. The Morgan fingerprint density at radius 1 is 1.35 bits per heavy atom. The molecule has 5 nitrogen and oxygen atoms in total. The summed E-state index contributed by atoms with van der Waals surface area (Å²) < 4.78 is 0.608. The van der Waals surface area contributed by atoms with Crippen LogP contribution in [0.4, 0.5) is 0 Å². The summed E-state index contributed by atoms with van der Waals surface area (Å²) in [5.41, 5.74) is 1.74. The zero-order valence-corrected chi connectivity index (χ0v) is 11.5. The predicted octanol–water partition coefficient (Wildman–Crippen LogP) is 2.01. The van der Waals surface area contributed by atoms with E-state index in [0.717, 1.165) is 0 Å². The Morgan fingerprint density at radius 2 is 2.20 bits per heavy atom. The number of fused-ring (bicyclic) bond motifs is 1. The van der Waals surface area contributed by atoms with E-state index in [2.05, 4.69) is 15.3 Å². The van der Waals surface area contributed by atoms with Crippen LogP contribution in [0.2, 0.25) is 0 Å². The second-order valence-electron chi connectivity index (χ2n) is 4.21. The number of benzene rings is 1. The zero-order valence-electron chi connectivity index (χ0n) is 10.6. The summed E-state index contributed by atoms with van der Waals surface area (Å²) in [7, 11) is 1.58. The molecule has 3 rings (SSSR count). The largest absolute Gasteiger partial charge is 0.355 e. The van der Waals surface area contributed by atoms with Crippen LogP contribution in [0, 0.1) is 0 Å². The van der Waals surface area contributed by atoms with E-state index in [-0.39, 0.29) is 11.5 Å². The minimum Gasteiger partial charge on any atom is -0.355 e. The molecule has 1 aromatic carbocycles. The molecule has 0 aliphatic carbocycles. The van der Waals surface area contributed by atoms with Crippen molar-refractivity contribution in [2.75, 3.05) is 7.05 Å². The Kier molecular flexibility index (Phi) is 3.08. The first kappa shape index (κ1) is 12.6. The van der Waals surface area contributed by atoms with Crippen LogP contribution >= 0.6 is 11.3 Å². The van der Waals surface area contributed by atoms with Crippen LogP contribution in [0.1, 0.15) is 10.4 Å². The number of H-pyrrole nitrogens is 1. The highest BCUT2D eigenvalue weighted by Gasteiger charge is 2.09. The average molecular weight is 285 g/mol. The van der Waals surface area contributed by atoms with E-state index in [0.29, 0.717) is 27.2 Å². The number of carbonyl (C=O) groups excluding carboxylic acids is 1. The third-order valence-corrected chi connectivity index (χ3v) is 3.84. The first-order valence-corrected chi connectivity index (χ1v) is 6.87. The summed E-state index contributed by atoms with van der Waals surface area (Å²) in [5.74, 6) is 0.289. The van der Waals surface area contributed by atoms with E-state index >= 15 is 0 Å². The molecule has 0 aliphatic heterocycles. The van der Waals surface area contributed by atoms with E-state index < -0.39 is 0 Å². The molecule has 0 radical (unpaired) electrons. The first-order chi connectivity index (χ1) is 9.69. The maximum Gasteiger partial charge on any atom is 0.269 e. The van der Waals surface area contributed by atoms with Gasteiger partial charge in [-0.25, -0.2) is 4.98 Å². The summed E-state index contributed by atoms with van der Waals surface area (Å²) in [6.45, 7) is 0. The minimum absolute atomic E-state index is 0.162. The topological polar surface area (TPSA) is 74.8 Å². The Bertz CT molecular complexity index is 851. The second kappa shape index (κ2) is 4.90. The highest BCUT2D eigenvalue weighted by Crippen LogP contribution is 2.20. The van der Waals surface area contributed by atoms with Gasteiger partial charge in [0.1, 0.15) is 10.5 Å². The van der Waals surface area contributed by atoms with Gasteiger partial charge in [0.25, 0.3) is 11.5 Å². The van der Waals surface area contributed by atoms with Crippen LogP contribution in [-0.2, 0) is 0 Å². The molecular formula is C14H11N3O2S. The highest BCUT2D eigenvalue weighted by molar-refractivity contribution is 7.17. The van der Waals surface area contributed by atoms with Gasteiger partial charge in [0.15, 0.2) is 0 Å². The summed E-state index contributed by atoms with van der Waals surface area (Å²) in [6.07, 6.45) is 0. The van der Waals surface area contributed by atoms with Gasteiger partial charge in [-0.2, -0.15) is 0 Å². The van der Waals surface area contributed by atoms with Gasteiger partial charge < -0.3 is 10.3 Å². The fourth-order valence-corrected chi connectivity index (χ4v) is 2.69. The van der Waals surface area contributed by atoms with Gasteiger partial charge in [0, 0.05) is 18.2 Å². The number of amides is 1. The zero-order chi connectivity index (χ0) is 14.1. The molecule has 1 amide bonds. The third kappa shape index (κ3) is 2.10. The van der Waals surface area contributed by atoms with Crippen molar-refractivity contribution in [3.63, 3.8) is 0 Å². The number of hydrogen-bond donors (Lipinski definition) is 2. The second-order valence-corrected chi connectivity index (χ2v) is 5.13. The summed E-state index contributed by atoms with van der Waals surface area (Å²) in [5, 5.41) is 4.40. The first-order valence-electron chi connectivity index (χ1n) is 5.99. The molecule has 100 valence electrons. The number of aromatic nitrogens is 2. The SMILES string of the molecule is CNC(=O)c1cccc(-c2nc3ccsc3c(=O)[nH]2)c1. The Labute approximate surface area is 118 Å². The molecule has 0 unspecified atom stereocenters. The van der Waals surface area contributed by atoms with Crippen LogP contribution in [0.3, 0.4) is 0 Å². The van der Waals surface area contributed by atoms with Crippen molar-refractivity contribution >= 4 is 27.5 Å². The predicted molar refractivity (Wildman–Crippen MR) is 79.1 cm³/mol. The molecule has 0 saturated heterocycles. The molecule has 0 fully saturated rings. The van der Waals surface area contributed by atoms with Crippen molar-refractivity contribution in [2.24, 2.45) is 0 Å². The minimum atomic E-state index is -0.175. The van der Waals surface area contributed by atoms with Crippen LogP contribution in [0.15, 0.2) is 40.5 Å². The van der Waals surface area contributed by atoms with Gasteiger partial charge in [-0.15, -0.1) is 11.3 Å². The number of carbonyl (C=O) groups is 1. The number of nitrogens with one attached hydrogen (secondary N) is 2. The van der Waals surface area contributed by atoms with Crippen LogP contribution in [0.25, 0.3) is 21.6 Å². The lowest BCUT2D eigenvalue weighted by Gasteiger charge is -2.04. The lowest BCUT2D eigenvalue weighted by Crippen LogP contribution is -2.17. The number of rotatable bonds is 2. The van der Waals surface area contributed by atoms with Crippen molar-refractivity contribution in [3.8, 4) is 11.4 Å². The average Bonchev–Trinajstić information content (AvgIpc) is 2.95.